The van der Waals surface area contributed by atoms with Crippen LogP contribution in [0.15, 0.2) is 30.0 Å². The van der Waals surface area contributed by atoms with Gasteiger partial charge in [0.1, 0.15) is 31.7 Å². The number of carboxylic acid groups (broad SMARTS) is 1. The second kappa shape index (κ2) is 32.7. The molecule has 5 N–H and O–H groups in total. The van der Waals surface area contributed by atoms with Gasteiger partial charge in [0.15, 0.2) is 0 Å². The maximum absolute atomic E-state index is 12.8. The van der Waals surface area contributed by atoms with Crippen LogP contribution in [0.2, 0.25) is 0 Å². The van der Waals surface area contributed by atoms with Crippen molar-refractivity contribution in [2.45, 2.75) is 50.9 Å². The van der Waals surface area contributed by atoms with Gasteiger partial charge in [0, 0.05) is 112 Å². The first kappa shape index (κ1) is 54.7. The quantitative estimate of drug-likeness (QED) is 0.0435. The predicted molar refractivity (Wildman–Crippen MR) is 248 cm³/mol. The van der Waals surface area contributed by atoms with Gasteiger partial charge in [-0.1, -0.05) is 12.0 Å². The van der Waals surface area contributed by atoms with Gasteiger partial charge < -0.3 is 69.1 Å². The summed E-state index contributed by atoms with van der Waals surface area (Å²) in [4.78, 5) is 46.1. The molecule has 2 saturated heterocycles. The average Bonchev–Trinajstić information content (AvgIpc) is 3.31. The second-order valence-electron chi connectivity index (χ2n) is 16.6. The molecule has 0 bridgehead atoms. The molecule has 19 nitrogen and oxygen atoms in total. The molecule has 2 fully saturated rings. The molecule has 1 aromatic carbocycles. The Kier molecular flexibility index (Phi) is 27.1. The molecule has 3 aliphatic rings. The van der Waals surface area contributed by atoms with E-state index < -0.39 is 24.2 Å². The van der Waals surface area contributed by atoms with Crippen LogP contribution in [0.4, 0.5) is 0 Å². The van der Waals surface area contributed by atoms with Crippen molar-refractivity contribution in [1.82, 2.24) is 35.6 Å². The summed E-state index contributed by atoms with van der Waals surface area (Å²) in [7, 11) is 2.00. The van der Waals surface area contributed by atoms with E-state index in [1.807, 2.05) is 7.05 Å². The number of likely N-dealkylation sites (N-methyl/N-ethyl adjacent to an activating group) is 1. The van der Waals surface area contributed by atoms with Crippen molar-refractivity contribution in [3.63, 3.8) is 0 Å². The van der Waals surface area contributed by atoms with Gasteiger partial charge in [0.2, 0.25) is 17.6 Å². The number of hydrogen-bond donors (Lipinski definition) is 5. The molecule has 3 aliphatic heterocycles. The minimum atomic E-state index is -1.24. The molecule has 0 aromatic heterocycles. The third-order valence-electron chi connectivity index (χ3n) is 11.6. The maximum atomic E-state index is 12.8. The van der Waals surface area contributed by atoms with Crippen LogP contribution < -0.4 is 20.7 Å². The molecule has 2 amide bonds. The lowest BCUT2D eigenvalue weighted by atomic mass is 9.97. The van der Waals surface area contributed by atoms with Crippen molar-refractivity contribution < 1.29 is 57.8 Å². The van der Waals surface area contributed by atoms with E-state index in [1.54, 1.807) is 0 Å². The van der Waals surface area contributed by atoms with Crippen LogP contribution >= 0.6 is 0 Å². The number of ether oxygens (including phenoxy) is 7. The monoisotopic (exact) mass is 932 g/mol. The fraction of sp³-hybridized carbons (Fsp3) is 0.723. The Balaban J connectivity index is 1.17. The van der Waals surface area contributed by atoms with Gasteiger partial charge in [0.05, 0.1) is 58.4 Å². The average molecular weight is 932 g/mol. The standard InChI is InChI=1S/C47H77N7O12/c1-4-25-60-26-27-61-28-29-62-30-31-63-32-33-64-41-35-39(7-12-51-16-20-53(21-17-51)14-10-48-3)34-40(36-41)8-13-52-18-22-54(23-19-52)15-11-49-45(57)37-65-43(9-24-55)46-42(50-38(2)56)5-6-44(66-46)47(58)59/h1,6,34-36,42-43,46,48,55H,5,7-33,37H2,2-3H3,(H,49,57)(H,50,56)(H,58,59)/t42-,43-,46-/m1/s1. The molecule has 0 aliphatic carbocycles. The molecule has 3 atom stereocenters. The van der Waals surface area contributed by atoms with Gasteiger partial charge in [-0.15, -0.1) is 6.42 Å². The van der Waals surface area contributed by atoms with E-state index in [2.05, 4.69) is 59.7 Å². The molecule has 0 spiro atoms. The molecule has 3 heterocycles. The first-order valence-corrected chi connectivity index (χ1v) is 23.6. The lowest BCUT2D eigenvalue weighted by Gasteiger charge is -2.36. The zero-order valence-corrected chi connectivity index (χ0v) is 39.4. The van der Waals surface area contributed by atoms with Crippen LogP contribution in [0, 0.1) is 12.3 Å². The summed E-state index contributed by atoms with van der Waals surface area (Å²) in [5.41, 5.74) is 2.54. The number of piperazine rings is 2. The van der Waals surface area contributed by atoms with Crippen LogP contribution in [-0.4, -0.2) is 237 Å². The Bertz CT molecular complexity index is 1620. The van der Waals surface area contributed by atoms with E-state index in [0.717, 1.165) is 97.1 Å². The summed E-state index contributed by atoms with van der Waals surface area (Å²) >= 11 is 0. The number of carboxylic acids is 1. The fourth-order valence-corrected chi connectivity index (χ4v) is 8.00. The molecule has 0 saturated carbocycles. The Labute approximate surface area is 391 Å². The molecular formula is C47H77N7O12. The number of aliphatic carboxylic acids is 1. The summed E-state index contributed by atoms with van der Waals surface area (Å²) in [5, 5.41) is 28.1. The van der Waals surface area contributed by atoms with Crippen molar-refractivity contribution in [3.05, 3.63) is 41.2 Å². The predicted octanol–water partition coefficient (Wildman–Crippen LogP) is -0.550. The van der Waals surface area contributed by atoms with E-state index in [-0.39, 0.29) is 50.2 Å². The smallest absolute Gasteiger partial charge is 0.370 e. The van der Waals surface area contributed by atoms with E-state index in [9.17, 15) is 24.6 Å². The number of benzene rings is 1. The molecule has 19 heteroatoms. The van der Waals surface area contributed by atoms with Crippen molar-refractivity contribution in [2.75, 3.05) is 171 Å². The topological polar surface area (TPSA) is 205 Å². The Hall–Kier alpha value is -3.91. The maximum Gasteiger partial charge on any atom is 0.370 e. The van der Waals surface area contributed by atoms with Crippen molar-refractivity contribution in [1.29, 1.82) is 0 Å². The van der Waals surface area contributed by atoms with Gasteiger partial charge >= 0.3 is 5.97 Å². The molecule has 4 rings (SSSR count). The van der Waals surface area contributed by atoms with E-state index in [4.69, 9.17) is 39.6 Å². The number of aliphatic hydroxyl groups is 1. The van der Waals surface area contributed by atoms with Crippen LogP contribution in [0.3, 0.4) is 0 Å². The number of aliphatic hydroxyl groups excluding tert-OH is 1. The fourth-order valence-electron chi connectivity index (χ4n) is 8.00. The minimum absolute atomic E-state index is 0.0960. The highest BCUT2D eigenvalue weighted by atomic mass is 16.6. The zero-order chi connectivity index (χ0) is 47.2. The number of nitrogens with zero attached hydrogens (tertiary/aromatic N) is 4. The number of nitrogens with one attached hydrogen (secondary N) is 3. The lowest BCUT2D eigenvalue weighted by molar-refractivity contribution is -0.146. The molecule has 372 valence electrons. The Morgan fingerprint density at radius 3 is 1.83 bits per heavy atom. The summed E-state index contributed by atoms with van der Waals surface area (Å²) in [6.45, 7) is 18.0. The zero-order valence-electron chi connectivity index (χ0n) is 39.4. The lowest BCUT2D eigenvalue weighted by Crippen LogP contribution is -2.52. The number of amides is 2. The third-order valence-corrected chi connectivity index (χ3v) is 11.6. The summed E-state index contributed by atoms with van der Waals surface area (Å²) < 4.78 is 39.7. The number of terminal acetylenes is 1. The highest BCUT2D eigenvalue weighted by Crippen LogP contribution is 2.24. The third kappa shape index (κ3) is 22.3. The highest BCUT2D eigenvalue weighted by Gasteiger charge is 2.37. The van der Waals surface area contributed by atoms with Gasteiger partial charge in [-0.3, -0.25) is 19.4 Å². The Morgan fingerprint density at radius 2 is 1.32 bits per heavy atom. The van der Waals surface area contributed by atoms with E-state index in [0.29, 0.717) is 65.9 Å². The largest absolute Gasteiger partial charge is 0.491 e. The number of rotatable bonds is 34. The van der Waals surface area contributed by atoms with Gasteiger partial charge in [-0.05, 0) is 55.6 Å². The number of carbonyl (C=O) groups is 3. The van der Waals surface area contributed by atoms with Crippen LogP contribution in [0.5, 0.6) is 5.75 Å². The van der Waals surface area contributed by atoms with Crippen LogP contribution in [0.25, 0.3) is 0 Å². The van der Waals surface area contributed by atoms with Crippen LogP contribution in [-0.2, 0) is 55.6 Å². The van der Waals surface area contributed by atoms with Crippen molar-refractivity contribution in [2.24, 2.45) is 0 Å². The Morgan fingerprint density at radius 1 is 0.788 bits per heavy atom. The van der Waals surface area contributed by atoms with Crippen molar-refractivity contribution >= 4 is 17.8 Å². The van der Waals surface area contributed by atoms with Gasteiger partial charge in [-0.2, -0.15) is 0 Å². The molecule has 1 aromatic rings. The number of carbonyl (C=O) groups excluding carboxylic acids is 2. The van der Waals surface area contributed by atoms with E-state index >= 15 is 0 Å². The molecular weight excluding hydrogens is 855 g/mol. The van der Waals surface area contributed by atoms with Crippen LogP contribution in [0.1, 0.15) is 30.9 Å². The number of hydrogen-bond acceptors (Lipinski definition) is 16. The first-order chi connectivity index (χ1) is 32.2. The second-order valence-corrected chi connectivity index (χ2v) is 16.6. The molecule has 0 unspecified atom stereocenters. The molecule has 0 radical (unpaired) electrons. The normalized spacial score (nSPS) is 19.1. The van der Waals surface area contributed by atoms with E-state index in [1.165, 1.54) is 24.1 Å². The highest BCUT2D eigenvalue weighted by molar-refractivity contribution is 5.84. The summed E-state index contributed by atoms with van der Waals surface area (Å²) in [6.07, 6.45) is 7.03. The summed E-state index contributed by atoms with van der Waals surface area (Å²) in [5.74, 6) is 1.15. The SMILES string of the molecule is C#CCOCCOCCOCCOCCOc1cc(CCN2CCN(CCNC)CC2)cc(CCN2CCN(CCNC(=O)CO[C@H](CCO)[C@@H]3OC(C(=O)O)=CC[C@H]3NC(C)=O)CC2)c1. The van der Waals surface area contributed by atoms with Gasteiger partial charge in [0.25, 0.3) is 0 Å². The molecule has 66 heavy (non-hydrogen) atoms. The first-order valence-electron chi connectivity index (χ1n) is 23.6. The van der Waals surface area contributed by atoms with Crippen molar-refractivity contribution in [3.8, 4) is 18.1 Å². The summed E-state index contributed by atoms with van der Waals surface area (Å²) in [6, 6.07) is 6.10. The minimum Gasteiger partial charge on any atom is -0.491 e. The van der Waals surface area contributed by atoms with Gasteiger partial charge in [-0.25, -0.2) is 4.79 Å².